The number of aromatic nitrogens is 3. The summed E-state index contributed by atoms with van der Waals surface area (Å²) in [7, 11) is 1.59. The molecule has 1 heterocycles. The summed E-state index contributed by atoms with van der Waals surface area (Å²) in [5.41, 5.74) is 4.28. The van der Waals surface area contributed by atoms with E-state index in [4.69, 9.17) is 4.74 Å². The summed E-state index contributed by atoms with van der Waals surface area (Å²) in [5.74, 6) is 1.15. The number of phenolic OH excluding ortho intramolecular Hbond substituents is 1. The lowest BCUT2D eigenvalue weighted by molar-refractivity contribution is -0.113. The second-order valence-electron chi connectivity index (χ2n) is 7.47. The number of aryl methyl sites for hydroxylation is 2. The number of thioether (sulfide) groups is 1. The van der Waals surface area contributed by atoms with Crippen LogP contribution in [0, 0.1) is 13.8 Å². The second kappa shape index (κ2) is 9.79. The summed E-state index contributed by atoms with van der Waals surface area (Å²) in [4.78, 5) is 12.6. The first-order valence-corrected chi connectivity index (χ1v) is 11.3. The number of anilines is 1. The molecule has 7 nitrogen and oxygen atoms in total. The third kappa shape index (κ3) is 4.85. The molecule has 0 unspecified atom stereocenters. The van der Waals surface area contributed by atoms with Crippen LogP contribution in [0.5, 0.6) is 11.5 Å². The van der Waals surface area contributed by atoms with E-state index in [0.29, 0.717) is 28.0 Å². The highest BCUT2D eigenvalue weighted by Crippen LogP contribution is 2.35. The number of hydrogen-bond acceptors (Lipinski definition) is 6. The van der Waals surface area contributed by atoms with Crippen molar-refractivity contribution in [3.63, 3.8) is 0 Å². The molecule has 0 saturated carbocycles. The Labute approximate surface area is 196 Å². The monoisotopic (exact) mass is 460 g/mol. The van der Waals surface area contributed by atoms with Gasteiger partial charge in [-0.15, -0.1) is 10.2 Å². The van der Waals surface area contributed by atoms with Gasteiger partial charge in [-0.25, -0.2) is 0 Å². The number of para-hydroxylation sites is 3. The number of nitrogens with zero attached hydrogens (tertiary/aromatic N) is 3. The van der Waals surface area contributed by atoms with Gasteiger partial charge in [0.05, 0.1) is 24.1 Å². The zero-order valence-electron chi connectivity index (χ0n) is 18.6. The predicted octanol–water partition coefficient (Wildman–Crippen LogP) is 5.00. The third-order valence-electron chi connectivity index (χ3n) is 5.23. The topological polar surface area (TPSA) is 89.3 Å². The largest absolute Gasteiger partial charge is 0.507 e. The quantitative estimate of drug-likeness (QED) is 0.378. The fourth-order valence-electron chi connectivity index (χ4n) is 3.38. The van der Waals surface area contributed by atoms with Gasteiger partial charge in [0.1, 0.15) is 11.5 Å². The lowest BCUT2D eigenvalue weighted by atomic mass is 10.1. The molecule has 2 N–H and O–H groups in total. The summed E-state index contributed by atoms with van der Waals surface area (Å²) in [6.07, 6.45) is 0. The Kier molecular flexibility index (Phi) is 6.65. The van der Waals surface area contributed by atoms with Crippen LogP contribution < -0.4 is 10.1 Å². The summed E-state index contributed by atoms with van der Waals surface area (Å²) >= 11 is 1.26. The maximum atomic E-state index is 12.6. The van der Waals surface area contributed by atoms with E-state index in [1.165, 1.54) is 17.3 Å². The lowest BCUT2D eigenvalue weighted by Gasteiger charge is -2.14. The standard InChI is InChI=1S/C25H24N4O3S/c1-16-12-13-18(14-17(16)2)26-23(31)15-33-25-28-27-24(19-8-4-6-10-21(19)30)29(25)20-9-5-7-11-22(20)32-3/h4-14,30H,15H2,1-3H3,(H,26,31). The van der Waals surface area contributed by atoms with Crippen molar-refractivity contribution < 1.29 is 14.6 Å². The molecule has 8 heteroatoms. The normalized spacial score (nSPS) is 10.8. The number of methoxy groups -OCH3 is 1. The fourth-order valence-corrected chi connectivity index (χ4v) is 4.12. The lowest BCUT2D eigenvalue weighted by Crippen LogP contribution is -2.14. The molecule has 0 aliphatic heterocycles. The van der Waals surface area contributed by atoms with Crippen LogP contribution in [0.25, 0.3) is 17.1 Å². The molecular weight excluding hydrogens is 436 g/mol. The molecule has 0 saturated heterocycles. The van der Waals surface area contributed by atoms with Crippen molar-refractivity contribution in [1.82, 2.24) is 14.8 Å². The highest BCUT2D eigenvalue weighted by molar-refractivity contribution is 7.99. The van der Waals surface area contributed by atoms with Crippen LogP contribution in [-0.4, -0.2) is 38.6 Å². The molecule has 0 aliphatic carbocycles. The van der Waals surface area contributed by atoms with Crippen molar-refractivity contribution in [3.8, 4) is 28.6 Å². The number of carbonyl (C=O) groups is 1. The maximum absolute atomic E-state index is 12.6. The number of hydrogen-bond donors (Lipinski definition) is 2. The number of rotatable bonds is 7. The minimum absolute atomic E-state index is 0.0880. The molecule has 0 radical (unpaired) electrons. The summed E-state index contributed by atoms with van der Waals surface area (Å²) in [5, 5.41) is 22.5. The summed E-state index contributed by atoms with van der Waals surface area (Å²) in [6, 6.07) is 20.2. The predicted molar refractivity (Wildman–Crippen MR) is 130 cm³/mol. The van der Waals surface area contributed by atoms with E-state index in [1.54, 1.807) is 29.9 Å². The Balaban J connectivity index is 1.65. The van der Waals surface area contributed by atoms with E-state index in [9.17, 15) is 9.90 Å². The number of aromatic hydroxyl groups is 1. The Morgan fingerprint density at radius 1 is 1.03 bits per heavy atom. The van der Waals surface area contributed by atoms with Gasteiger partial charge >= 0.3 is 0 Å². The molecule has 0 spiro atoms. The first kappa shape index (κ1) is 22.4. The Morgan fingerprint density at radius 2 is 1.79 bits per heavy atom. The Hall–Kier alpha value is -3.78. The van der Waals surface area contributed by atoms with Crippen LogP contribution in [0.2, 0.25) is 0 Å². The van der Waals surface area contributed by atoms with Crippen LogP contribution in [0.4, 0.5) is 5.69 Å². The fraction of sp³-hybridized carbons (Fsp3) is 0.160. The highest BCUT2D eigenvalue weighted by Gasteiger charge is 2.21. The van der Waals surface area contributed by atoms with E-state index < -0.39 is 0 Å². The molecule has 0 bridgehead atoms. The number of nitrogens with one attached hydrogen (secondary N) is 1. The number of carbonyl (C=O) groups excluding carboxylic acids is 1. The zero-order valence-corrected chi connectivity index (χ0v) is 19.4. The molecule has 0 fully saturated rings. The van der Waals surface area contributed by atoms with E-state index in [-0.39, 0.29) is 17.4 Å². The van der Waals surface area contributed by atoms with Crippen LogP contribution in [0.1, 0.15) is 11.1 Å². The number of amides is 1. The van der Waals surface area contributed by atoms with E-state index in [0.717, 1.165) is 11.3 Å². The second-order valence-corrected chi connectivity index (χ2v) is 8.41. The zero-order chi connectivity index (χ0) is 23.4. The van der Waals surface area contributed by atoms with Crippen molar-refractivity contribution in [2.45, 2.75) is 19.0 Å². The number of phenols is 1. The molecule has 168 valence electrons. The molecule has 33 heavy (non-hydrogen) atoms. The van der Waals surface area contributed by atoms with Crippen molar-refractivity contribution >= 4 is 23.4 Å². The van der Waals surface area contributed by atoms with Gasteiger partial charge in [-0.1, -0.05) is 42.1 Å². The van der Waals surface area contributed by atoms with Gasteiger partial charge in [-0.05, 0) is 61.4 Å². The van der Waals surface area contributed by atoms with Gasteiger partial charge in [0.2, 0.25) is 5.91 Å². The Morgan fingerprint density at radius 3 is 2.55 bits per heavy atom. The molecule has 4 rings (SSSR count). The molecule has 0 atom stereocenters. The highest BCUT2D eigenvalue weighted by atomic mass is 32.2. The van der Waals surface area contributed by atoms with Crippen LogP contribution >= 0.6 is 11.8 Å². The molecule has 1 amide bonds. The average Bonchev–Trinajstić information content (AvgIpc) is 3.24. The van der Waals surface area contributed by atoms with E-state index in [1.807, 2.05) is 62.4 Å². The molecule has 3 aromatic carbocycles. The SMILES string of the molecule is COc1ccccc1-n1c(SCC(=O)Nc2ccc(C)c(C)c2)nnc1-c1ccccc1O. The molecule has 1 aromatic heterocycles. The van der Waals surface area contributed by atoms with Gasteiger partial charge in [-0.3, -0.25) is 9.36 Å². The van der Waals surface area contributed by atoms with Crippen LogP contribution in [0.3, 0.4) is 0 Å². The molecular formula is C25H24N4O3S. The van der Waals surface area contributed by atoms with Crippen molar-refractivity contribution in [1.29, 1.82) is 0 Å². The molecule has 4 aromatic rings. The summed E-state index contributed by atoms with van der Waals surface area (Å²) in [6.45, 7) is 4.04. The van der Waals surface area contributed by atoms with Crippen molar-refractivity contribution in [3.05, 3.63) is 77.9 Å². The average molecular weight is 461 g/mol. The van der Waals surface area contributed by atoms with Gasteiger partial charge in [0.25, 0.3) is 0 Å². The summed E-state index contributed by atoms with van der Waals surface area (Å²) < 4.78 is 7.34. The minimum Gasteiger partial charge on any atom is -0.507 e. The first-order chi connectivity index (χ1) is 16.0. The van der Waals surface area contributed by atoms with Gasteiger partial charge < -0.3 is 15.2 Å². The molecule has 0 aliphatic rings. The van der Waals surface area contributed by atoms with E-state index in [2.05, 4.69) is 15.5 Å². The van der Waals surface area contributed by atoms with E-state index >= 15 is 0 Å². The first-order valence-electron chi connectivity index (χ1n) is 10.3. The van der Waals surface area contributed by atoms with Crippen molar-refractivity contribution in [2.75, 3.05) is 18.2 Å². The van der Waals surface area contributed by atoms with Gasteiger partial charge in [-0.2, -0.15) is 0 Å². The Bertz CT molecular complexity index is 1300. The number of ether oxygens (including phenoxy) is 1. The maximum Gasteiger partial charge on any atom is 0.234 e. The van der Waals surface area contributed by atoms with Gasteiger partial charge in [0.15, 0.2) is 11.0 Å². The van der Waals surface area contributed by atoms with Gasteiger partial charge in [0, 0.05) is 5.69 Å². The van der Waals surface area contributed by atoms with Crippen molar-refractivity contribution in [2.24, 2.45) is 0 Å². The van der Waals surface area contributed by atoms with Crippen LogP contribution in [0.15, 0.2) is 71.9 Å². The number of benzene rings is 3. The third-order valence-corrected chi connectivity index (χ3v) is 6.16. The van der Waals surface area contributed by atoms with Crippen LogP contribution in [-0.2, 0) is 4.79 Å². The minimum atomic E-state index is -0.151. The smallest absolute Gasteiger partial charge is 0.234 e.